The van der Waals surface area contributed by atoms with Crippen LogP contribution in [0.15, 0.2) is 47.8 Å². The van der Waals surface area contributed by atoms with Crippen LogP contribution in [0.4, 0.5) is 0 Å². The standard InChI is InChI=1S/C21H20N2O4S/c1-13-4-7-15(8-5-13)20-23-17(12-28-20)19(24)22-11-14-6-9-18(26-2)16(10-14)21(25)27-3/h4-10,12H,11H2,1-3H3,(H,22,24). The minimum Gasteiger partial charge on any atom is -0.496 e. The summed E-state index contributed by atoms with van der Waals surface area (Å²) in [7, 11) is 2.79. The zero-order valence-electron chi connectivity index (χ0n) is 15.8. The van der Waals surface area contributed by atoms with Crippen molar-refractivity contribution in [3.05, 3.63) is 70.2 Å². The van der Waals surface area contributed by atoms with E-state index in [1.807, 2.05) is 31.2 Å². The van der Waals surface area contributed by atoms with Gasteiger partial charge in [0.1, 0.15) is 22.0 Å². The monoisotopic (exact) mass is 396 g/mol. The third-order valence-electron chi connectivity index (χ3n) is 4.16. The molecule has 3 rings (SSSR count). The van der Waals surface area contributed by atoms with Gasteiger partial charge >= 0.3 is 5.97 Å². The summed E-state index contributed by atoms with van der Waals surface area (Å²) < 4.78 is 9.94. The van der Waals surface area contributed by atoms with Gasteiger partial charge in [0.25, 0.3) is 5.91 Å². The van der Waals surface area contributed by atoms with Gasteiger partial charge in [0, 0.05) is 17.5 Å². The molecule has 0 radical (unpaired) electrons. The summed E-state index contributed by atoms with van der Waals surface area (Å²) >= 11 is 1.42. The van der Waals surface area contributed by atoms with Crippen molar-refractivity contribution in [1.29, 1.82) is 0 Å². The number of methoxy groups -OCH3 is 2. The van der Waals surface area contributed by atoms with Crippen LogP contribution in [0.3, 0.4) is 0 Å². The number of carbonyl (C=O) groups is 2. The van der Waals surface area contributed by atoms with Gasteiger partial charge in [-0.2, -0.15) is 0 Å². The van der Waals surface area contributed by atoms with E-state index >= 15 is 0 Å². The zero-order valence-corrected chi connectivity index (χ0v) is 16.6. The second-order valence-electron chi connectivity index (χ2n) is 6.11. The van der Waals surface area contributed by atoms with Crippen molar-refractivity contribution in [3.8, 4) is 16.3 Å². The number of amides is 1. The highest BCUT2D eigenvalue weighted by atomic mass is 32.1. The van der Waals surface area contributed by atoms with Crippen LogP contribution < -0.4 is 10.1 Å². The third-order valence-corrected chi connectivity index (χ3v) is 5.05. The fourth-order valence-electron chi connectivity index (χ4n) is 2.61. The van der Waals surface area contributed by atoms with Crippen molar-refractivity contribution in [2.24, 2.45) is 0 Å². The number of nitrogens with one attached hydrogen (secondary N) is 1. The fourth-order valence-corrected chi connectivity index (χ4v) is 3.42. The molecule has 0 aliphatic carbocycles. The van der Waals surface area contributed by atoms with Crippen LogP contribution in [0.5, 0.6) is 5.75 Å². The lowest BCUT2D eigenvalue weighted by Gasteiger charge is -2.09. The zero-order chi connectivity index (χ0) is 20.1. The van der Waals surface area contributed by atoms with Gasteiger partial charge in [-0.15, -0.1) is 11.3 Å². The molecule has 7 heteroatoms. The molecule has 1 N–H and O–H groups in total. The quantitative estimate of drug-likeness (QED) is 0.641. The van der Waals surface area contributed by atoms with E-state index in [0.29, 0.717) is 17.0 Å². The predicted octanol–water partition coefficient (Wildman–Crippen LogP) is 3.84. The molecule has 1 aromatic heterocycles. The summed E-state index contributed by atoms with van der Waals surface area (Å²) in [6, 6.07) is 13.1. The van der Waals surface area contributed by atoms with Crippen LogP contribution >= 0.6 is 11.3 Å². The van der Waals surface area contributed by atoms with Crippen molar-refractivity contribution >= 4 is 23.2 Å². The van der Waals surface area contributed by atoms with Crippen molar-refractivity contribution < 1.29 is 19.1 Å². The lowest BCUT2D eigenvalue weighted by Crippen LogP contribution is -2.23. The minimum atomic E-state index is -0.493. The number of nitrogens with zero attached hydrogens (tertiary/aromatic N) is 1. The van der Waals surface area contributed by atoms with Gasteiger partial charge in [0.05, 0.1) is 14.2 Å². The Morgan fingerprint density at radius 2 is 1.86 bits per heavy atom. The number of aryl methyl sites for hydroxylation is 1. The molecule has 0 aliphatic rings. The van der Waals surface area contributed by atoms with E-state index in [9.17, 15) is 9.59 Å². The normalized spacial score (nSPS) is 10.4. The summed E-state index contributed by atoms with van der Waals surface area (Å²) in [6.07, 6.45) is 0. The van der Waals surface area contributed by atoms with Gasteiger partial charge in [-0.3, -0.25) is 4.79 Å². The molecule has 1 amide bonds. The molecular formula is C21H20N2O4S. The Bertz CT molecular complexity index is 996. The first-order valence-electron chi connectivity index (χ1n) is 8.58. The van der Waals surface area contributed by atoms with E-state index in [1.54, 1.807) is 23.6 Å². The maximum Gasteiger partial charge on any atom is 0.341 e. The molecule has 0 fully saturated rings. The summed E-state index contributed by atoms with van der Waals surface area (Å²) in [5.74, 6) is -0.346. The highest BCUT2D eigenvalue weighted by molar-refractivity contribution is 7.13. The van der Waals surface area contributed by atoms with E-state index in [4.69, 9.17) is 9.47 Å². The topological polar surface area (TPSA) is 77.5 Å². The van der Waals surface area contributed by atoms with E-state index in [0.717, 1.165) is 16.1 Å². The summed E-state index contributed by atoms with van der Waals surface area (Å²) in [5.41, 5.74) is 3.58. The lowest BCUT2D eigenvalue weighted by molar-refractivity contribution is 0.0597. The number of carbonyl (C=O) groups excluding carboxylic acids is 2. The van der Waals surface area contributed by atoms with Crippen LogP contribution in [0.1, 0.15) is 32.0 Å². The number of esters is 1. The second kappa shape index (κ2) is 8.67. The Balaban J connectivity index is 1.69. The van der Waals surface area contributed by atoms with E-state index in [2.05, 4.69) is 10.3 Å². The van der Waals surface area contributed by atoms with Crippen molar-refractivity contribution in [2.75, 3.05) is 14.2 Å². The molecule has 1 heterocycles. The molecular weight excluding hydrogens is 376 g/mol. The molecule has 6 nitrogen and oxygen atoms in total. The summed E-state index contributed by atoms with van der Waals surface area (Å²) in [5, 5.41) is 5.35. The van der Waals surface area contributed by atoms with Gasteiger partial charge in [-0.25, -0.2) is 9.78 Å². The number of benzene rings is 2. The number of thiazole rings is 1. The van der Waals surface area contributed by atoms with Gasteiger partial charge in [-0.05, 0) is 24.6 Å². The summed E-state index contributed by atoms with van der Waals surface area (Å²) in [4.78, 5) is 28.7. The van der Waals surface area contributed by atoms with Crippen LogP contribution in [0.25, 0.3) is 10.6 Å². The maximum absolute atomic E-state index is 12.4. The number of ether oxygens (including phenoxy) is 2. The first kappa shape index (κ1) is 19.6. The molecule has 0 aliphatic heterocycles. The van der Waals surface area contributed by atoms with Gasteiger partial charge < -0.3 is 14.8 Å². The van der Waals surface area contributed by atoms with Crippen molar-refractivity contribution in [2.45, 2.75) is 13.5 Å². The van der Waals surface area contributed by atoms with Gasteiger partial charge in [-0.1, -0.05) is 35.9 Å². The average Bonchev–Trinajstić information content (AvgIpc) is 3.22. The molecule has 144 valence electrons. The molecule has 0 bridgehead atoms. The van der Waals surface area contributed by atoms with Gasteiger partial charge in [0.15, 0.2) is 0 Å². The number of hydrogen-bond donors (Lipinski definition) is 1. The van der Waals surface area contributed by atoms with Crippen LogP contribution in [-0.4, -0.2) is 31.1 Å². The van der Waals surface area contributed by atoms with Crippen LogP contribution in [0.2, 0.25) is 0 Å². The van der Waals surface area contributed by atoms with E-state index < -0.39 is 5.97 Å². The first-order chi connectivity index (χ1) is 13.5. The average molecular weight is 396 g/mol. The fraction of sp³-hybridized carbons (Fsp3) is 0.190. The Morgan fingerprint density at radius 1 is 1.11 bits per heavy atom. The number of aromatic nitrogens is 1. The highest BCUT2D eigenvalue weighted by Gasteiger charge is 2.15. The van der Waals surface area contributed by atoms with Crippen LogP contribution in [0, 0.1) is 6.92 Å². The SMILES string of the molecule is COC(=O)c1cc(CNC(=O)c2csc(-c3ccc(C)cc3)n2)ccc1OC. The highest BCUT2D eigenvalue weighted by Crippen LogP contribution is 2.24. The van der Waals surface area contributed by atoms with E-state index in [-0.39, 0.29) is 12.5 Å². The molecule has 0 unspecified atom stereocenters. The van der Waals surface area contributed by atoms with Crippen molar-refractivity contribution in [1.82, 2.24) is 10.3 Å². The number of hydrogen-bond acceptors (Lipinski definition) is 6. The first-order valence-corrected chi connectivity index (χ1v) is 9.45. The lowest BCUT2D eigenvalue weighted by atomic mass is 10.1. The smallest absolute Gasteiger partial charge is 0.341 e. The Kier molecular flexibility index (Phi) is 6.06. The second-order valence-corrected chi connectivity index (χ2v) is 6.97. The largest absolute Gasteiger partial charge is 0.496 e. The van der Waals surface area contributed by atoms with Crippen LogP contribution in [-0.2, 0) is 11.3 Å². The van der Waals surface area contributed by atoms with E-state index in [1.165, 1.54) is 31.1 Å². The summed E-state index contributed by atoms with van der Waals surface area (Å²) in [6.45, 7) is 2.28. The molecule has 0 atom stereocenters. The van der Waals surface area contributed by atoms with Gasteiger partial charge in [0.2, 0.25) is 0 Å². The minimum absolute atomic E-state index is 0.254. The predicted molar refractivity (Wildman–Crippen MR) is 108 cm³/mol. The molecule has 3 aromatic rings. The molecule has 2 aromatic carbocycles. The molecule has 0 saturated carbocycles. The maximum atomic E-state index is 12.4. The molecule has 0 spiro atoms. The Labute approximate surface area is 167 Å². The molecule has 0 saturated heterocycles. The Morgan fingerprint density at radius 3 is 2.54 bits per heavy atom. The van der Waals surface area contributed by atoms with Crippen molar-refractivity contribution in [3.63, 3.8) is 0 Å². The number of rotatable bonds is 6. The molecule has 28 heavy (non-hydrogen) atoms. The third kappa shape index (κ3) is 4.37. The Hall–Kier alpha value is -3.19.